The maximum absolute atomic E-state index is 12.6. The monoisotopic (exact) mass is 683 g/mol. The van der Waals surface area contributed by atoms with Crippen LogP contribution in [-0.4, -0.2) is 85.6 Å². The molecule has 0 radical (unpaired) electrons. The summed E-state index contributed by atoms with van der Waals surface area (Å²) in [5.74, 6) is -0.297. The number of hydrogen-bond acceptors (Lipinski definition) is 13. The van der Waals surface area contributed by atoms with Crippen molar-refractivity contribution < 1.29 is 39.0 Å². The van der Waals surface area contributed by atoms with Crippen molar-refractivity contribution in [2.75, 3.05) is 26.2 Å². The second kappa shape index (κ2) is 16.0. The van der Waals surface area contributed by atoms with Crippen LogP contribution in [0.25, 0.3) is 34.2 Å². The van der Waals surface area contributed by atoms with E-state index in [4.69, 9.17) is 19.1 Å². The highest BCUT2D eigenvalue weighted by atomic mass is 16.7. The average Bonchev–Trinajstić information content (AvgIpc) is 3.12. The fourth-order valence-electron chi connectivity index (χ4n) is 5.70. The molecule has 2 N–H and O–H groups in total. The summed E-state index contributed by atoms with van der Waals surface area (Å²) in [5, 5.41) is 25.5. The average molecular weight is 684 g/mol. The first kappa shape index (κ1) is 34.6. The van der Waals surface area contributed by atoms with Crippen LogP contribution in [0.4, 0.5) is 0 Å². The van der Waals surface area contributed by atoms with Crippen molar-refractivity contribution in [1.29, 1.82) is 0 Å². The number of hydrogen-bond donors (Lipinski definition) is 2. The fourth-order valence-corrected chi connectivity index (χ4v) is 5.70. The molecule has 2 aliphatic heterocycles. The minimum Gasteiger partial charge on any atom is -0.507 e. The molecular weight excluding hydrogens is 642 g/mol. The third-order valence-corrected chi connectivity index (χ3v) is 8.45. The molecule has 13 nitrogen and oxygen atoms in total. The molecule has 3 aromatic carbocycles. The van der Waals surface area contributed by atoms with Gasteiger partial charge >= 0.3 is 11.9 Å². The number of carbonyl (C=O) groups is 2. The Morgan fingerprint density at radius 3 is 1.44 bits per heavy atom. The first-order valence-corrected chi connectivity index (χ1v) is 17.0. The largest absolute Gasteiger partial charge is 0.507 e. The molecule has 6 rings (SSSR count). The van der Waals surface area contributed by atoms with Gasteiger partial charge in [0.25, 0.3) is 0 Å². The van der Waals surface area contributed by atoms with Gasteiger partial charge in [-0.3, -0.25) is 0 Å². The van der Waals surface area contributed by atoms with E-state index in [9.17, 15) is 19.8 Å². The van der Waals surface area contributed by atoms with Crippen LogP contribution in [0.5, 0.6) is 23.0 Å². The zero-order chi connectivity index (χ0) is 35.0. The van der Waals surface area contributed by atoms with Crippen LogP contribution in [0.3, 0.4) is 0 Å². The highest BCUT2D eigenvalue weighted by Crippen LogP contribution is 2.36. The molecule has 3 heterocycles. The summed E-state index contributed by atoms with van der Waals surface area (Å²) in [5.41, 5.74) is 1.25. The lowest BCUT2D eigenvalue weighted by molar-refractivity contribution is -0.202. The Balaban J connectivity index is 1.22. The summed E-state index contributed by atoms with van der Waals surface area (Å²) in [6, 6.07) is 18.4. The standard InChI is InChI=1S/C37H41N5O8/c1-24(36(45)49-41-18-8-4-9-19-41)47-27-14-16-29(31(43)22-27)34-38-33(26-12-6-3-7-13-26)39-35(40-34)30-17-15-28(23-32(30)44)48-25(2)37(46)50-42-20-10-5-11-21-42/h3,6-7,12-17,22-25,43-44H,4-5,8-11,18-21H2,1-2H3. The molecule has 2 atom stereocenters. The zero-order valence-electron chi connectivity index (χ0n) is 28.2. The smallest absolute Gasteiger partial charge is 0.365 e. The van der Waals surface area contributed by atoms with Crippen molar-refractivity contribution in [2.24, 2.45) is 0 Å². The molecule has 0 bridgehead atoms. The van der Waals surface area contributed by atoms with Crippen molar-refractivity contribution in [3.8, 4) is 57.2 Å². The minimum absolute atomic E-state index is 0.143. The highest BCUT2D eigenvalue weighted by Gasteiger charge is 2.25. The van der Waals surface area contributed by atoms with E-state index in [1.807, 2.05) is 30.3 Å². The summed E-state index contributed by atoms with van der Waals surface area (Å²) in [4.78, 5) is 50.0. The predicted molar refractivity (Wildman–Crippen MR) is 183 cm³/mol. The van der Waals surface area contributed by atoms with E-state index < -0.39 is 24.1 Å². The van der Waals surface area contributed by atoms with Crippen molar-refractivity contribution >= 4 is 11.9 Å². The van der Waals surface area contributed by atoms with Gasteiger partial charge in [-0.1, -0.05) is 43.2 Å². The van der Waals surface area contributed by atoms with Crippen LogP contribution in [0, 0.1) is 0 Å². The van der Waals surface area contributed by atoms with Crippen LogP contribution in [0.1, 0.15) is 52.4 Å². The van der Waals surface area contributed by atoms with E-state index in [1.54, 1.807) is 48.2 Å². The fraction of sp³-hybridized carbons (Fsp3) is 0.378. The molecule has 0 amide bonds. The second-order valence-corrected chi connectivity index (χ2v) is 12.4. The molecule has 50 heavy (non-hydrogen) atoms. The molecule has 1 aromatic heterocycles. The number of phenols is 2. The summed E-state index contributed by atoms with van der Waals surface area (Å²) in [6.07, 6.45) is 4.29. The maximum atomic E-state index is 12.6. The van der Waals surface area contributed by atoms with E-state index in [1.165, 1.54) is 12.1 Å². The predicted octanol–water partition coefficient (Wildman–Crippen LogP) is 5.71. The highest BCUT2D eigenvalue weighted by molar-refractivity contribution is 5.76. The Bertz CT molecular complexity index is 1690. The first-order chi connectivity index (χ1) is 24.2. The van der Waals surface area contributed by atoms with Gasteiger partial charge in [0, 0.05) is 43.9 Å². The third kappa shape index (κ3) is 8.65. The number of ether oxygens (including phenoxy) is 2. The molecule has 2 saturated heterocycles. The molecule has 2 aliphatic rings. The third-order valence-electron chi connectivity index (χ3n) is 8.45. The van der Waals surface area contributed by atoms with Gasteiger partial charge in [-0.2, -0.15) is 0 Å². The van der Waals surface area contributed by atoms with E-state index in [0.29, 0.717) is 37.6 Å². The number of rotatable bonds is 11. The molecule has 13 heteroatoms. The number of phenolic OH excluding ortho intramolecular Hbond substituents is 2. The van der Waals surface area contributed by atoms with Crippen molar-refractivity contribution in [3.05, 3.63) is 66.7 Å². The van der Waals surface area contributed by atoms with E-state index in [2.05, 4.69) is 15.0 Å². The van der Waals surface area contributed by atoms with Crippen molar-refractivity contribution in [2.45, 2.75) is 64.6 Å². The first-order valence-electron chi connectivity index (χ1n) is 17.0. The van der Waals surface area contributed by atoms with Gasteiger partial charge in [0.2, 0.25) is 0 Å². The zero-order valence-corrected chi connectivity index (χ0v) is 28.2. The van der Waals surface area contributed by atoms with Crippen LogP contribution < -0.4 is 9.47 Å². The van der Waals surface area contributed by atoms with Gasteiger partial charge in [0.05, 0.1) is 11.1 Å². The van der Waals surface area contributed by atoms with Crippen LogP contribution in [0.15, 0.2) is 66.7 Å². The van der Waals surface area contributed by atoms with E-state index in [-0.39, 0.29) is 45.8 Å². The number of aromatic nitrogens is 3. The molecule has 0 aliphatic carbocycles. The lowest BCUT2D eigenvalue weighted by Crippen LogP contribution is -2.37. The summed E-state index contributed by atoms with van der Waals surface area (Å²) in [6.45, 7) is 5.95. The van der Waals surface area contributed by atoms with Crippen molar-refractivity contribution in [3.63, 3.8) is 0 Å². The normalized spacial score (nSPS) is 16.6. The van der Waals surface area contributed by atoms with E-state index >= 15 is 0 Å². The molecule has 2 unspecified atom stereocenters. The lowest BCUT2D eigenvalue weighted by atomic mass is 10.1. The minimum atomic E-state index is -0.908. The molecule has 4 aromatic rings. The quantitative estimate of drug-likeness (QED) is 0.198. The Labute approximate surface area is 290 Å². The van der Waals surface area contributed by atoms with Gasteiger partial charge in [-0.25, -0.2) is 24.5 Å². The molecule has 0 saturated carbocycles. The van der Waals surface area contributed by atoms with Gasteiger partial charge < -0.3 is 29.4 Å². The van der Waals surface area contributed by atoms with Gasteiger partial charge in [-0.15, -0.1) is 10.1 Å². The molecule has 0 spiro atoms. The number of benzene rings is 3. The molecular formula is C37H41N5O8. The number of aromatic hydroxyl groups is 2. The van der Waals surface area contributed by atoms with Gasteiger partial charge in [-0.05, 0) is 63.8 Å². The maximum Gasteiger partial charge on any atom is 0.365 e. The number of hydroxylamine groups is 4. The molecule has 2 fully saturated rings. The Kier molecular flexibility index (Phi) is 11.0. The van der Waals surface area contributed by atoms with Gasteiger partial charge in [0.15, 0.2) is 29.7 Å². The summed E-state index contributed by atoms with van der Waals surface area (Å²) < 4.78 is 11.6. The second-order valence-electron chi connectivity index (χ2n) is 12.4. The summed E-state index contributed by atoms with van der Waals surface area (Å²) in [7, 11) is 0. The number of nitrogens with zero attached hydrogens (tertiary/aromatic N) is 5. The Morgan fingerprint density at radius 2 is 1.02 bits per heavy atom. The van der Waals surface area contributed by atoms with Crippen LogP contribution in [-0.2, 0) is 19.3 Å². The Hall–Kier alpha value is -5.27. The lowest BCUT2D eigenvalue weighted by Gasteiger charge is -2.26. The number of piperidine rings is 2. The topological polar surface area (TPSA) is 157 Å². The van der Waals surface area contributed by atoms with Crippen LogP contribution in [0.2, 0.25) is 0 Å². The number of carbonyl (C=O) groups excluding carboxylic acids is 2. The van der Waals surface area contributed by atoms with Crippen LogP contribution >= 0.6 is 0 Å². The van der Waals surface area contributed by atoms with Crippen molar-refractivity contribution in [1.82, 2.24) is 25.1 Å². The Morgan fingerprint density at radius 1 is 0.600 bits per heavy atom. The van der Waals surface area contributed by atoms with Gasteiger partial charge in [0.1, 0.15) is 23.0 Å². The SMILES string of the molecule is CC(Oc1ccc(-c2nc(-c3ccccc3)nc(-c3ccc(OC(C)C(=O)ON4CCCCC4)cc3O)n2)c(O)c1)C(=O)ON1CCCCC1. The molecule has 262 valence electrons. The van der Waals surface area contributed by atoms with E-state index in [0.717, 1.165) is 38.5 Å². The summed E-state index contributed by atoms with van der Waals surface area (Å²) >= 11 is 0.